The van der Waals surface area contributed by atoms with E-state index in [1.807, 2.05) is 27.7 Å². The zero-order chi connectivity index (χ0) is 11.4. The van der Waals surface area contributed by atoms with E-state index in [1.165, 1.54) is 0 Å². The molecule has 14 heavy (non-hydrogen) atoms. The lowest BCUT2D eigenvalue weighted by molar-refractivity contribution is 0.102. The first-order chi connectivity index (χ1) is 6.31. The van der Waals surface area contributed by atoms with Gasteiger partial charge in [0.05, 0.1) is 0 Å². The molecular formula is C10H25NO2Si. The van der Waals surface area contributed by atoms with Crippen LogP contribution in [0.25, 0.3) is 0 Å². The molecule has 0 aliphatic rings. The molecule has 86 valence electrons. The predicted octanol–water partition coefficient (Wildman–Crippen LogP) is 2.18. The summed E-state index contributed by atoms with van der Waals surface area (Å²) in [6.45, 7) is 12.2. The van der Waals surface area contributed by atoms with Gasteiger partial charge in [-0.15, -0.1) is 0 Å². The van der Waals surface area contributed by atoms with E-state index >= 15 is 0 Å². The highest BCUT2D eigenvalue weighted by Gasteiger charge is 2.39. The smallest absolute Gasteiger partial charge is 0.352 e. The Morgan fingerprint density at radius 1 is 1.07 bits per heavy atom. The van der Waals surface area contributed by atoms with Crippen molar-refractivity contribution in [3.8, 4) is 0 Å². The van der Waals surface area contributed by atoms with Gasteiger partial charge in [0, 0.05) is 17.9 Å². The molecule has 0 spiro atoms. The lowest BCUT2D eigenvalue weighted by Gasteiger charge is -2.35. The molecule has 1 atom stereocenters. The average Bonchev–Trinajstić information content (AvgIpc) is 1.99. The lowest BCUT2D eigenvalue weighted by Crippen LogP contribution is -2.57. The molecule has 4 heteroatoms. The van der Waals surface area contributed by atoms with Crippen molar-refractivity contribution in [1.29, 1.82) is 0 Å². The summed E-state index contributed by atoms with van der Waals surface area (Å²) in [6.07, 6.45) is 1.27. The Labute approximate surface area is 89.2 Å². The molecule has 0 amide bonds. The van der Waals surface area contributed by atoms with Gasteiger partial charge < -0.3 is 14.6 Å². The minimum absolute atomic E-state index is 0.0484. The van der Waals surface area contributed by atoms with E-state index in [2.05, 4.69) is 13.5 Å². The van der Waals surface area contributed by atoms with Crippen LogP contribution in [0, 0.1) is 0 Å². The van der Waals surface area contributed by atoms with Gasteiger partial charge in [-0.2, -0.15) is 0 Å². The molecule has 0 aromatic carbocycles. The van der Waals surface area contributed by atoms with Crippen LogP contribution in [0.2, 0.25) is 6.55 Å². The summed E-state index contributed by atoms with van der Waals surface area (Å²) in [7, 11) is -2.20. The van der Waals surface area contributed by atoms with Gasteiger partial charge in [-0.3, -0.25) is 0 Å². The Morgan fingerprint density at radius 2 is 1.43 bits per heavy atom. The van der Waals surface area contributed by atoms with E-state index in [0.29, 0.717) is 0 Å². The van der Waals surface area contributed by atoms with Crippen LogP contribution in [-0.4, -0.2) is 26.4 Å². The van der Waals surface area contributed by atoms with Crippen LogP contribution in [0.15, 0.2) is 0 Å². The van der Waals surface area contributed by atoms with Gasteiger partial charge in [0.15, 0.2) is 0 Å². The van der Waals surface area contributed by atoms with Crippen molar-refractivity contribution in [2.45, 2.75) is 65.5 Å². The predicted molar refractivity (Wildman–Crippen MR) is 62.3 cm³/mol. The molecule has 0 heterocycles. The molecular weight excluding hydrogens is 194 g/mol. The van der Waals surface area contributed by atoms with Gasteiger partial charge in [-0.1, -0.05) is 6.92 Å². The fourth-order valence-corrected chi connectivity index (χ4v) is 4.53. The normalized spacial score (nSPS) is 15.2. The number of nitrogens with two attached hydrogens (primary N) is 1. The van der Waals surface area contributed by atoms with Crippen LogP contribution < -0.4 is 5.73 Å². The zero-order valence-corrected chi connectivity index (χ0v) is 11.3. The van der Waals surface area contributed by atoms with Gasteiger partial charge >= 0.3 is 8.56 Å². The van der Waals surface area contributed by atoms with Crippen molar-refractivity contribution >= 4 is 8.56 Å². The Morgan fingerprint density at radius 3 is 1.64 bits per heavy atom. The topological polar surface area (TPSA) is 44.5 Å². The summed E-state index contributed by atoms with van der Waals surface area (Å²) in [4.78, 5) is 0. The Hall–Kier alpha value is 0.0969. The van der Waals surface area contributed by atoms with E-state index in [0.717, 1.165) is 6.42 Å². The van der Waals surface area contributed by atoms with E-state index in [9.17, 15) is 0 Å². The first-order valence-corrected chi connectivity index (χ1v) is 7.82. The Balaban J connectivity index is 4.48. The van der Waals surface area contributed by atoms with Gasteiger partial charge in [0.2, 0.25) is 0 Å². The second-order valence-corrected chi connectivity index (χ2v) is 7.61. The van der Waals surface area contributed by atoms with Crippen molar-refractivity contribution in [3.63, 3.8) is 0 Å². The molecule has 0 radical (unpaired) electrons. The maximum Gasteiger partial charge on any atom is 0.352 e. The fourth-order valence-electron chi connectivity index (χ4n) is 1.51. The molecule has 0 saturated heterocycles. The molecule has 0 fully saturated rings. The third-order valence-electron chi connectivity index (χ3n) is 2.05. The summed E-state index contributed by atoms with van der Waals surface area (Å²) in [5.41, 5.74) is 6.11. The Bertz CT molecular complexity index is 152. The number of rotatable bonds is 6. The molecule has 0 aliphatic carbocycles. The molecule has 0 aromatic rings. The van der Waals surface area contributed by atoms with E-state index in [4.69, 9.17) is 14.6 Å². The summed E-state index contributed by atoms with van der Waals surface area (Å²) in [5, 5.41) is 0. The third-order valence-corrected chi connectivity index (χ3v) is 5.69. The van der Waals surface area contributed by atoms with E-state index in [1.54, 1.807) is 0 Å². The Kier molecular flexibility index (Phi) is 5.89. The van der Waals surface area contributed by atoms with Crippen LogP contribution in [0.1, 0.15) is 41.0 Å². The van der Waals surface area contributed by atoms with Gasteiger partial charge in [0.25, 0.3) is 0 Å². The summed E-state index contributed by atoms with van der Waals surface area (Å²) in [6, 6.07) is 0. The summed E-state index contributed by atoms with van der Waals surface area (Å²) in [5.74, 6) is 0. The van der Waals surface area contributed by atoms with Crippen LogP contribution >= 0.6 is 0 Å². The molecule has 0 bridgehead atoms. The van der Waals surface area contributed by atoms with Crippen LogP contribution in [-0.2, 0) is 8.85 Å². The highest BCUT2D eigenvalue weighted by atomic mass is 28.4. The standard InChI is InChI=1S/C10H25NO2Si/c1-7-10(11)14(6,12-8(2)3)13-9(4)5/h8-10H,7,11H2,1-6H3. The minimum atomic E-state index is -2.20. The lowest BCUT2D eigenvalue weighted by atomic mass is 10.5. The van der Waals surface area contributed by atoms with Crippen molar-refractivity contribution in [1.82, 2.24) is 0 Å². The van der Waals surface area contributed by atoms with Crippen LogP contribution in [0.3, 0.4) is 0 Å². The van der Waals surface area contributed by atoms with Gasteiger partial charge in [-0.25, -0.2) is 0 Å². The fraction of sp³-hybridized carbons (Fsp3) is 1.00. The molecule has 3 nitrogen and oxygen atoms in total. The van der Waals surface area contributed by atoms with Crippen molar-refractivity contribution in [3.05, 3.63) is 0 Å². The van der Waals surface area contributed by atoms with Crippen molar-refractivity contribution < 1.29 is 8.85 Å². The van der Waals surface area contributed by atoms with Crippen LogP contribution in [0.5, 0.6) is 0 Å². The first kappa shape index (κ1) is 14.1. The zero-order valence-electron chi connectivity index (χ0n) is 10.3. The minimum Gasteiger partial charge on any atom is -0.391 e. The molecule has 0 aliphatic heterocycles. The van der Waals surface area contributed by atoms with E-state index in [-0.39, 0.29) is 17.9 Å². The molecule has 0 aromatic heterocycles. The maximum atomic E-state index is 6.06. The largest absolute Gasteiger partial charge is 0.391 e. The SMILES string of the molecule is CCC(N)[Si](C)(OC(C)C)OC(C)C. The second-order valence-electron chi connectivity index (χ2n) is 4.36. The monoisotopic (exact) mass is 219 g/mol. The maximum absolute atomic E-state index is 6.06. The quantitative estimate of drug-likeness (QED) is 0.696. The average molecular weight is 219 g/mol. The highest BCUT2D eigenvalue weighted by molar-refractivity contribution is 6.67. The second kappa shape index (κ2) is 5.85. The third kappa shape index (κ3) is 4.55. The van der Waals surface area contributed by atoms with E-state index < -0.39 is 8.56 Å². The number of hydrogen-bond donors (Lipinski definition) is 1. The highest BCUT2D eigenvalue weighted by Crippen LogP contribution is 2.17. The van der Waals surface area contributed by atoms with Crippen molar-refractivity contribution in [2.75, 3.05) is 0 Å². The number of hydrogen-bond acceptors (Lipinski definition) is 3. The van der Waals surface area contributed by atoms with Crippen molar-refractivity contribution in [2.24, 2.45) is 5.73 Å². The van der Waals surface area contributed by atoms with Gasteiger partial charge in [0.1, 0.15) is 0 Å². The van der Waals surface area contributed by atoms with Gasteiger partial charge in [-0.05, 0) is 40.7 Å². The molecule has 1 unspecified atom stereocenters. The molecule has 0 saturated carbocycles. The summed E-state index contributed by atoms with van der Waals surface area (Å²) >= 11 is 0. The summed E-state index contributed by atoms with van der Waals surface area (Å²) < 4.78 is 11.8. The molecule has 0 rings (SSSR count). The van der Waals surface area contributed by atoms with Crippen LogP contribution in [0.4, 0.5) is 0 Å². The molecule has 2 N–H and O–H groups in total. The first-order valence-electron chi connectivity index (χ1n) is 5.43.